The second-order valence-corrected chi connectivity index (χ2v) is 11.0. The number of guanidine groups is 1. The first-order valence-electron chi connectivity index (χ1n) is 13.4. The molecule has 0 radical (unpaired) electrons. The van der Waals surface area contributed by atoms with Gasteiger partial charge in [0.2, 0.25) is 0 Å². The number of amides is 1. The zero-order valence-electron chi connectivity index (χ0n) is 22.9. The van der Waals surface area contributed by atoms with Gasteiger partial charge in [0.05, 0.1) is 6.04 Å². The van der Waals surface area contributed by atoms with Crippen LogP contribution in [0.25, 0.3) is 11.1 Å². The minimum absolute atomic E-state index is 0.0354. The maximum atomic E-state index is 14.1. The highest BCUT2D eigenvalue weighted by Gasteiger charge is 2.38. The molecule has 1 aromatic heterocycles. The quantitative estimate of drug-likeness (QED) is 0.324. The van der Waals surface area contributed by atoms with Crippen LogP contribution in [0.4, 0.5) is 22.0 Å². The van der Waals surface area contributed by atoms with Gasteiger partial charge >= 0.3 is 6.18 Å². The standard InChI is InChI=1S/C29H31F5N6O/c1-16(2)40-15-22(26(37-40)29(32,33)34)20-10-17(14-39-9-8-38(3)28(39)35)11-21(12-20)27(41)36-25(18-4-5-18)19-6-7-23(30)24(31)13-19/h6-7,10-13,15-16,18,25,35H,4-5,8-9,14H2,1-3H3,(H,36,41). The maximum absolute atomic E-state index is 14.1. The Morgan fingerprint density at radius 3 is 2.41 bits per heavy atom. The third-order valence-corrected chi connectivity index (χ3v) is 7.52. The number of rotatable bonds is 8. The molecule has 12 heteroatoms. The summed E-state index contributed by atoms with van der Waals surface area (Å²) in [7, 11) is 1.78. The highest BCUT2D eigenvalue weighted by Crippen LogP contribution is 2.42. The molecule has 218 valence electrons. The van der Waals surface area contributed by atoms with E-state index in [1.54, 1.807) is 42.8 Å². The van der Waals surface area contributed by atoms with Crippen molar-refractivity contribution >= 4 is 11.9 Å². The molecule has 1 atom stereocenters. The molecular weight excluding hydrogens is 543 g/mol. The predicted octanol–water partition coefficient (Wildman–Crippen LogP) is 5.99. The molecule has 0 spiro atoms. The van der Waals surface area contributed by atoms with Crippen LogP contribution in [0, 0.1) is 23.0 Å². The zero-order valence-corrected chi connectivity index (χ0v) is 22.9. The Balaban J connectivity index is 1.55. The van der Waals surface area contributed by atoms with Crippen molar-refractivity contribution in [2.75, 3.05) is 20.1 Å². The first kappa shape index (κ1) is 28.6. The van der Waals surface area contributed by atoms with Crippen molar-refractivity contribution in [3.63, 3.8) is 0 Å². The van der Waals surface area contributed by atoms with E-state index < -0.39 is 35.5 Å². The van der Waals surface area contributed by atoms with Crippen molar-refractivity contribution in [2.45, 2.75) is 51.5 Å². The fourth-order valence-electron chi connectivity index (χ4n) is 5.08. The molecule has 2 aromatic carbocycles. The molecule has 1 amide bonds. The lowest BCUT2D eigenvalue weighted by Crippen LogP contribution is -2.31. The van der Waals surface area contributed by atoms with Crippen LogP contribution in [0.1, 0.15) is 66.0 Å². The topological polar surface area (TPSA) is 77.2 Å². The van der Waals surface area contributed by atoms with Crippen LogP contribution in [0.3, 0.4) is 0 Å². The number of halogens is 5. The molecule has 5 rings (SSSR count). The predicted molar refractivity (Wildman–Crippen MR) is 143 cm³/mol. The SMILES string of the molecule is CC(C)n1cc(-c2cc(CN3CCN(C)C3=N)cc(C(=O)NC(c3ccc(F)c(F)c3)C3CC3)c2)c(C(F)(F)F)n1. The van der Waals surface area contributed by atoms with Crippen LogP contribution in [-0.4, -0.2) is 51.6 Å². The molecule has 2 fully saturated rings. The summed E-state index contributed by atoms with van der Waals surface area (Å²) in [6, 6.07) is 7.17. The molecule has 1 saturated carbocycles. The normalized spacial score (nSPS) is 16.6. The fraction of sp³-hybridized carbons (Fsp3) is 0.414. The van der Waals surface area contributed by atoms with E-state index in [1.807, 2.05) is 0 Å². The Kier molecular flexibility index (Phi) is 7.52. The van der Waals surface area contributed by atoms with E-state index >= 15 is 0 Å². The van der Waals surface area contributed by atoms with Crippen LogP contribution in [-0.2, 0) is 12.7 Å². The number of hydrogen-bond donors (Lipinski definition) is 2. The summed E-state index contributed by atoms with van der Waals surface area (Å²) in [5.41, 5.74) is 0.0456. The van der Waals surface area contributed by atoms with Gasteiger partial charge in [-0.25, -0.2) is 8.78 Å². The maximum Gasteiger partial charge on any atom is 0.435 e. The van der Waals surface area contributed by atoms with Crippen molar-refractivity contribution in [3.05, 3.63) is 76.6 Å². The Morgan fingerprint density at radius 1 is 1.10 bits per heavy atom. The van der Waals surface area contributed by atoms with E-state index in [4.69, 9.17) is 5.41 Å². The van der Waals surface area contributed by atoms with Crippen LogP contribution >= 0.6 is 0 Å². The number of nitrogens with zero attached hydrogens (tertiary/aromatic N) is 4. The molecule has 3 aromatic rings. The van der Waals surface area contributed by atoms with Gasteiger partial charge in [0.25, 0.3) is 5.91 Å². The summed E-state index contributed by atoms with van der Waals surface area (Å²) >= 11 is 0. The van der Waals surface area contributed by atoms with Gasteiger partial charge in [0, 0.05) is 50.0 Å². The molecule has 1 aliphatic heterocycles. The number of benzene rings is 2. The summed E-state index contributed by atoms with van der Waals surface area (Å²) in [4.78, 5) is 17.1. The highest BCUT2D eigenvalue weighted by molar-refractivity contribution is 5.96. The van der Waals surface area contributed by atoms with E-state index in [2.05, 4.69) is 10.4 Å². The second kappa shape index (κ2) is 10.8. The molecule has 1 saturated heterocycles. The molecular formula is C29H31F5N6O. The van der Waals surface area contributed by atoms with Crippen molar-refractivity contribution in [2.24, 2.45) is 5.92 Å². The number of alkyl halides is 3. The number of hydrogen-bond acceptors (Lipinski definition) is 3. The Hall–Kier alpha value is -3.96. The minimum atomic E-state index is -4.72. The van der Waals surface area contributed by atoms with Crippen LogP contribution < -0.4 is 5.32 Å². The Labute approximate surface area is 234 Å². The molecule has 41 heavy (non-hydrogen) atoms. The average molecular weight is 575 g/mol. The molecule has 1 unspecified atom stereocenters. The molecule has 2 aliphatic rings. The second-order valence-electron chi connectivity index (χ2n) is 11.0. The van der Waals surface area contributed by atoms with Gasteiger partial charge in [-0.3, -0.25) is 14.9 Å². The van der Waals surface area contributed by atoms with Crippen molar-refractivity contribution < 1.29 is 26.7 Å². The van der Waals surface area contributed by atoms with Crippen molar-refractivity contribution in [1.82, 2.24) is 24.9 Å². The van der Waals surface area contributed by atoms with Gasteiger partial charge < -0.3 is 15.1 Å². The minimum Gasteiger partial charge on any atom is -0.345 e. The highest BCUT2D eigenvalue weighted by atomic mass is 19.4. The summed E-state index contributed by atoms with van der Waals surface area (Å²) in [5.74, 6) is -2.25. The number of likely N-dealkylation sites (N-methyl/N-ethyl adjacent to an activating group) is 1. The van der Waals surface area contributed by atoms with E-state index in [1.165, 1.54) is 23.0 Å². The average Bonchev–Trinajstić information content (AvgIpc) is 3.56. The third-order valence-electron chi connectivity index (χ3n) is 7.52. The van der Waals surface area contributed by atoms with Gasteiger partial charge in [-0.05, 0) is 79.6 Å². The largest absolute Gasteiger partial charge is 0.435 e. The first-order valence-corrected chi connectivity index (χ1v) is 13.4. The summed E-state index contributed by atoms with van der Waals surface area (Å²) in [5, 5.41) is 15.0. The summed E-state index contributed by atoms with van der Waals surface area (Å²) in [6.07, 6.45) is -1.81. The van der Waals surface area contributed by atoms with E-state index in [-0.39, 0.29) is 41.2 Å². The van der Waals surface area contributed by atoms with Crippen LogP contribution in [0.15, 0.2) is 42.6 Å². The van der Waals surface area contributed by atoms with Gasteiger partial charge in [-0.15, -0.1) is 0 Å². The van der Waals surface area contributed by atoms with Gasteiger partial charge in [0.1, 0.15) is 0 Å². The molecule has 0 bridgehead atoms. The monoisotopic (exact) mass is 574 g/mol. The Bertz CT molecular complexity index is 1480. The smallest absolute Gasteiger partial charge is 0.345 e. The van der Waals surface area contributed by atoms with Crippen molar-refractivity contribution in [3.8, 4) is 11.1 Å². The molecule has 2 heterocycles. The first-order chi connectivity index (χ1) is 19.3. The lowest BCUT2D eigenvalue weighted by Gasteiger charge is -2.21. The van der Waals surface area contributed by atoms with Gasteiger partial charge in [-0.2, -0.15) is 18.3 Å². The van der Waals surface area contributed by atoms with E-state index in [0.717, 1.165) is 25.0 Å². The van der Waals surface area contributed by atoms with Gasteiger partial charge in [-0.1, -0.05) is 6.07 Å². The van der Waals surface area contributed by atoms with Crippen LogP contribution in [0.5, 0.6) is 0 Å². The lowest BCUT2D eigenvalue weighted by atomic mass is 9.97. The third kappa shape index (κ3) is 6.06. The van der Waals surface area contributed by atoms with Gasteiger partial charge in [0.15, 0.2) is 23.3 Å². The molecule has 2 N–H and O–H groups in total. The lowest BCUT2D eigenvalue weighted by molar-refractivity contribution is -0.141. The van der Waals surface area contributed by atoms with E-state index in [9.17, 15) is 26.7 Å². The van der Waals surface area contributed by atoms with Crippen molar-refractivity contribution in [1.29, 1.82) is 5.41 Å². The Morgan fingerprint density at radius 2 is 1.83 bits per heavy atom. The number of carbonyl (C=O) groups excluding carboxylic acids is 1. The number of nitrogens with one attached hydrogen (secondary N) is 2. The van der Waals surface area contributed by atoms with E-state index in [0.29, 0.717) is 24.2 Å². The molecule has 1 aliphatic carbocycles. The number of aromatic nitrogens is 2. The zero-order chi connectivity index (χ0) is 29.6. The summed E-state index contributed by atoms with van der Waals surface area (Å²) < 4.78 is 71.0. The molecule has 7 nitrogen and oxygen atoms in total. The fourth-order valence-corrected chi connectivity index (χ4v) is 5.08. The summed E-state index contributed by atoms with van der Waals surface area (Å²) in [6.45, 7) is 4.84. The van der Waals surface area contributed by atoms with Crippen LogP contribution in [0.2, 0.25) is 0 Å². The number of carbonyl (C=O) groups is 1.